The summed E-state index contributed by atoms with van der Waals surface area (Å²) in [5.74, 6) is -0.542. The first-order valence-electron chi connectivity index (χ1n) is 8.30. The average molecular weight is 357 g/mol. The molecule has 0 bridgehead atoms. The molecule has 0 unspecified atom stereocenters. The quantitative estimate of drug-likeness (QED) is 0.893. The van der Waals surface area contributed by atoms with Crippen molar-refractivity contribution in [1.29, 1.82) is 0 Å². The van der Waals surface area contributed by atoms with Gasteiger partial charge in [-0.2, -0.15) is 0 Å². The van der Waals surface area contributed by atoms with Crippen molar-refractivity contribution in [2.45, 2.75) is 27.2 Å². The van der Waals surface area contributed by atoms with E-state index in [1.807, 2.05) is 51.1 Å². The van der Waals surface area contributed by atoms with Crippen LogP contribution in [0, 0.1) is 26.7 Å². The number of hydrogen-bond acceptors (Lipinski definition) is 2. The summed E-state index contributed by atoms with van der Waals surface area (Å²) in [5, 5.41) is 3.61. The van der Waals surface area contributed by atoms with Gasteiger partial charge < -0.3 is 10.2 Å². The molecule has 130 valence electrons. The van der Waals surface area contributed by atoms with Gasteiger partial charge in [0.1, 0.15) is 0 Å². The molecule has 1 aliphatic rings. The van der Waals surface area contributed by atoms with Crippen LogP contribution in [0.1, 0.15) is 23.1 Å². The molecule has 2 aromatic rings. The summed E-state index contributed by atoms with van der Waals surface area (Å²) in [6.07, 6.45) is 0.211. The van der Waals surface area contributed by atoms with Gasteiger partial charge in [-0.1, -0.05) is 35.9 Å². The van der Waals surface area contributed by atoms with Crippen molar-refractivity contribution in [3.05, 3.63) is 58.1 Å². The smallest absolute Gasteiger partial charge is 0.229 e. The van der Waals surface area contributed by atoms with Gasteiger partial charge in [0.15, 0.2) is 0 Å². The summed E-state index contributed by atoms with van der Waals surface area (Å²) >= 11 is 6.16. The molecule has 1 aliphatic heterocycles. The standard InChI is InChI=1S/C20H21ClN2O2/c1-12-7-8-16(10-17(12)21)23-11-15(9-18(23)24)20(25)22-19-13(2)5-4-6-14(19)3/h4-8,10,15H,9,11H2,1-3H3,(H,22,25)/t15-/m1/s1. The Morgan fingerprint density at radius 1 is 1.12 bits per heavy atom. The maximum atomic E-state index is 12.6. The Morgan fingerprint density at radius 2 is 1.80 bits per heavy atom. The van der Waals surface area contributed by atoms with Crippen molar-refractivity contribution < 1.29 is 9.59 Å². The summed E-state index contributed by atoms with van der Waals surface area (Å²) in [6, 6.07) is 11.4. The molecule has 1 fully saturated rings. The number of benzene rings is 2. The molecular weight excluding hydrogens is 336 g/mol. The first-order valence-corrected chi connectivity index (χ1v) is 8.68. The zero-order valence-electron chi connectivity index (χ0n) is 14.6. The third-order valence-corrected chi connectivity index (χ3v) is 5.10. The van der Waals surface area contributed by atoms with E-state index in [1.165, 1.54) is 0 Å². The van der Waals surface area contributed by atoms with Crippen LogP contribution in [-0.4, -0.2) is 18.4 Å². The summed E-state index contributed by atoms with van der Waals surface area (Å²) in [6.45, 7) is 6.21. The SMILES string of the molecule is Cc1ccc(N2C[C@H](C(=O)Nc3c(C)cccc3C)CC2=O)cc1Cl. The number of amides is 2. The summed E-state index contributed by atoms with van der Waals surface area (Å²) in [4.78, 5) is 26.7. The third kappa shape index (κ3) is 3.54. The Morgan fingerprint density at radius 3 is 2.44 bits per heavy atom. The fourth-order valence-electron chi connectivity index (χ4n) is 3.12. The molecule has 0 aromatic heterocycles. The number of nitrogens with one attached hydrogen (secondary N) is 1. The zero-order valence-corrected chi connectivity index (χ0v) is 15.4. The Kier molecular flexibility index (Phi) is 4.82. The summed E-state index contributed by atoms with van der Waals surface area (Å²) in [7, 11) is 0. The minimum absolute atomic E-state index is 0.0541. The molecule has 0 radical (unpaired) electrons. The van der Waals surface area contributed by atoms with Crippen molar-refractivity contribution in [2.75, 3.05) is 16.8 Å². The number of rotatable bonds is 3. The molecule has 0 saturated carbocycles. The molecule has 25 heavy (non-hydrogen) atoms. The van der Waals surface area contributed by atoms with Crippen LogP contribution in [0.15, 0.2) is 36.4 Å². The monoisotopic (exact) mass is 356 g/mol. The molecule has 1 N–H and O–H groups in total. The normalized spacial score (nSPS) is 17.0. The maximum Gasteiger partial charge on any atom is 0.229 e. The predicted molar refractivity (Wildman–Crippen MR) is 101 cm³/mol. The topological polar surface area (TPSA) is 49.4 Å². The largest absolute Gasteiger partial charge is 0.325 e. The van der Waals surface area contributed by atoms with E-state index in [0.717, 1.165) is 28.1 Å². The second kappa shape index (κ2) is 6.89. The highest BCUT2D eigenvalue weighted by Gasteiger charge is 2.35. The van der Waals surface area contributed by atoms with Crippen LogP contribution in [-0.2, 0) is 9.59 Å². The van der Waals surface area contributed by atoms with Gasteiger partial charge >= 0.3 is 0 Å². The molecule has 2 amide bonds. The molecule has 0 aliphatic carbocycles. The number of carbonyl (C=O) groups is 2. The Balaban J connectivity index is 1.75. The van der Waals surface area contributed by atoms with Gasteiger partial charge in [-0.15, -0.1) is 0 Å². The Hall–Kier alpha value is -2.33. The second-order valence-corrected chi connectivity index (χ2v) is 7.00. The van der Waals surface area contributed by atoms with Crippen LogP contribution >= 0.6 is 11.6 Å². The lowest BCUT2D eigenvalue weighted by Gasteiger charge is -2.18. The van der Waals surface area contributed by atoms with E-state index in [0.29, 0.717) is 11.6 Å². The van der Waals surface area contributed by atoms with Crippen molar-refractivity contribution in [1.82, 2.24) is 0 Å². The van der Waals surface area contributed by atoms with Crippen LogP contribution in [0.4, 0.5) is 11.4 Å². The average Bonchev–Trinajstić information content (AvgIpc) is 2.95. The van der Waals surface area contributed by atoms with Gasteiger partial charge in [-0.3, -0.25) is 9.59 Å². The number of carbonyl (C=O) groups excluding carboxylic acids is 2. The van der Waals surface area contributed by atoms with E-state index in [9.17, 15) is 9.59 Å². The lowest BCUT2D eigenvalue weighted by Crippen LogP contribution is -2.28. The van der Waals surface area contributed by atoms with E-state index in [-0.39, 0.29) is 24.2 Å². The lowest BCUT2D eigenvalue weighted by molar-refractivity contribution is -0.122. The van der Waals surface area contributed by atoms with Crippen LogP contribution in [0.2, 0.25) is 5.02 Å². The van der Waals surface area contributed by atoms with E-state index < -0.39 is 0 Å². The number of nitrogens with zero attached hydrogens (tertiary/aromatic N) is 1. The van der Waals surface area contributed by atoms with E-state index in [2.05, 4.69) is 5.32 Å². The predicted octanol–water partition coefficient (Wildman–Crippen LogP) is 4.26. The molecule has 5 heteroatoms. The number of anilines is 2. The van der Waals surface area contributed by atoms with Crippen molar-refractivity contribution in [3.63, 3.8) is 0 Å². The highest BCUT2D eigenvalue weighted by atomic mass is 35.5. The molecular formula is C20H21ClN2O2. The first kappa shape index (κ1) is 17.5. The Labute approximate surface area is 152 Å². The van der Waals surface area contributed by atoms with Crippen molar-refractivity contribution in [3.8, 4) is 0 Å². The molecule has 1 saturated heterocycles. The third-order valence-electron chi connectivity index (χ3n) is 4.69. The van der Waals surface area contributed by atoms with Crippen LogP contribution < -0.4 is 10.2 Å². The van der Waals surface area contributed by atoms with E-state index in [4.69, 9.17) is 11.6 Å². The molecule has 1 heterocycles. The molecule has 0 spiro atoms. The minimum atomic E-state index is -0.369. The highest BCUT2D eigenvalue weighted by molar-refractivity contribution is 6.31. The van der Waals surface area contributed by atoms with Crippen LogP contribution in [0.5, 0.6) is 0 Å². The maximum absolute atomic E-state index is 12.6. The van der Waals surface area contributed by atoms with Crippen LogP contribution in [0.25, 0.3) is 0 Å². The van der Waals surface area contributed by atoms with Gasteiger partial charge in [-0.25, -0.2) is 0 Å². The molecule has 3 rings (SSSR count). The summed E-state index contributed by atoms with van der Waals surface area (Å²) < 4.78 is 0. The zero-order chi connectivity index (χ0) is 18.1. The van der Waals surface area contributed by atoms with Crippen molar-refractivity contribution in [2.24, 2.45) is 5.92 Å². The van der Waals surface area contributed by atoms with E-state index in [1.54, 1.807) is 11.0 Å². The Bertz CT molecular complexity index is 827. The van der Waals surface area contributed by atoms with Gasteiger partial charge in [0.2, 0.25) is 11.8 Å². The van der Waals surface area contributed by atoms with Gasteiger partial charge in [-0.05, 0) is 49.6 Å². The van der Waals surface area contributed by atoms with Gasteiger partial charge in [0, 0.05) is 29.4 Å². The first-order chi connectivity index (χ1) is 11.9. The summed E-state index contributed by atoms with van der Waals surface area (Å²) in [5.41, 5.74) is 4.56. The highest BCUT2D eigenvalue weighted by Crippen LogP contribution is 2.30. The number of para-hydroxylation sites is 1. The number of aryl methyl sites for hydroxylation is 3. The van der Waals surface area contributed by atoms with Crippen molar-refractivity contribution >= 4 is 34.8 Å². The molecule has 4 nitrogen and oxygen atoms in total. The second-order valence-electron chi connectivity index (χ2n) is 6.59. The van der Waals surface area contributed by atoms with Crippen LogP contribution in [0.3, 0.4) is 0 Å². The minimum Gasteiger partial charge on any atom is -0.325 e. The van der Waals surface area contributed by atoms with Gasteiger partial charge in [0.05, 0.1) is 5.92 Å². The number of halogens is 1. The molecule has 2 aromatic carbocycles. The fraction of sp³-hybridized carbons (Fsp3) is 0.300. The lowest BCUT2D eigenvalue weighted by atomic mass is 10.1. The number of hydrogen-bond donors (Lipinski definition) is 1. The molecule has 1 atom stereocenters. The fourth-order valence-corrected chi connectivity index (χ4v) is 3.29. The van der Waals surface area contributed by atoms with Gasteiger partial charge in [0.25, 0.3) is 0 Å². The van der Waals surface area contributed by atoms with E-state index >= 15 is 0 Å².